The number of rotatable bonds is 7. The number of carbonyl (C=O) groups is 2. The second-order valence-electron chi connectivity index (χ2n) is 10.9. The Bertz CT molecular complexity index is 1630. The van der Waals surface area contributed by atoms with Crippen LogP contribution in [0.5, 0.6) is 5.75 Å². The monoisotopic (exact) mass is 584 g/mol. The molecule has 1 aliphatic heterocycles. The molecule has 0 radical (unpaired) electrons. The molecule has 2 N–H and O–H groups in total. The van der Waals surface area contributed by atoms with Crippen LogP contribution in [0.4, 0.5) is 11.4 Å². The van der Waals surface area contributed by atoms with Crippen LogP contribution < -0.4 is 20.3 Å². The van der Waals surface area contributed by atoms with Crippen molar-refractivity contribution in [2.24, 2.45) is 5.41 Å². The summed E-state index contributed by atoms with van der Waals surface area (Å²) in [6.45, 7) is 5.55. The average Bonchev–Trinajstić information content (AvgIpc) is 3.61. The number of furan rings is 1. The highest BCUT2D eigenvalue weighted by molar-refractivity contribution is 7.80. The van der Waals surface area contributed by atoms with Crippen molar-refractivity contribution in [1.82, 2.24) is 10.3 Å². The van der Waals surface area contributed by atoms with Gasteiger partial charge in [-0.25, -0.2) is 4.79 Å². The number of aromatic nitrogens is 1. The van der Waals surface area contributed by atoms with E-state index in [4.69, 9.17) is 26.1 Å². The first-order valence-electron chi connectivity index (χ1n) is 13.4. The smallest absolute Gasteiger partial charge is 0.337 e. The van der Waals surface area contributed by atoms with Crippen LogP contribution in [0.25, 0.3) is 11.3 Å². The van der Waals surface area contributed by atoms with Gasteiger partial charge in [-0.2, -0.15) is 0 Å². The SMILES string of the molecule is COC(=O)c1cccc(-c2ccc(C3C(c4ccccn4)NC(=S)N3c3ccc(NC(=O)C(C)(C)C)c(OC)c3)o2)c1. The zero-order valence-corrected chi connectivity index (χ0v) is 24.8. The number of pyridine rings is 1. The Morgan fingerprint density at radius 1 is 1.02 bits per heavy atom. The van der Waals surface area contributed by atoms with Crippen molar-refractivity contribution in [2.75, 3.05) is 24.4 Å². The van der Waals surface area contributed by atoms with Crippen LogP contribution in [0.2, 0.25) is 0 Å². The fraction of sp³-hybridized carbons (Fsp3) is 0.250. The third-order valence-electron chi connectivity index (χ3n) is 6.98. The molecule has 0 spiro atoms. The van der Waals surface area contributed by atoms with Crippen molar-refractivity contribution in [1.29, 1.82) is 0 Å². The van der Waals surface area contributed by atoms with Crippen molar-refractivity contribution in [3.05, 3.63) is 96.0 Å². The minimum Gasteiger partial charge on any atom is -0.494 e. The minimum absolute atomic E-state index is 0.126. The number of benzene rings is 2. The van der Waals surface area contributed by atoms with E-state index >= 15 is 0 Å². The Balaban J connectivity index is 1.55. The maximum atomic E-state index is 12.7. The highest BCUT2D eigenvalue weighted by Crippen LogP contribution is 2.44. The van der Waals surface area contributed by atoms with E-state index in [-0.39, 0.29) is 11.9 Å². The molecule has 2 aromatic heterocycles. The maximum absolute atomic E-state index is 12.7. The number of hydrogen-bond donors (Lipinski definition) is 2. The summed E-state index contributed by atoms with van der Waals surface area (Å²) >= 11 is 5.85. The molecule has 216 valence electrons. The number of methoxy groups -OCH3 is 2. The standard InChI is InChI=1S/C32H32N4O5S/c1-32(2,3)30(38)34-22-13-12-21(18-26(22)39-4)36-28(27(35-31(36)42)23-11-6-7-16-33-23)25-15-14-24(41-25)19-9-8-10-20(17-19)29(37)40-5/h6-18,27-28H,1-5H3,(H,34,38)(H,35,42). The molecular weight excluding hydrogens is 552 g/mol. The number of esters is 1. The van der Waals surface area contributed by atoms with Crippen LogP contribution in [0.15, 0.2) is 83.4 Å². The first-order valence-corrected chi connectivity index (χ1v) is 13.8. The Morgan fingerprint density at radius 2 is 1.83 bits per heavy atom. The lowest BCUT2D eigenvalue weighted by Crippen LogP contribution is -2.30. The summed E-state index contributed by atoms with van der Waals surface area (Å²) in [6.07, 6.45) is 1.74. The summed E-state index contributed by atoms with van der Waals surface area (Å²) in [5.41, 5.74) is 2.68. The number of nitrogens with zero attached hydrogens (tertiary/aromatic N) is 2. The van der Waals surface area contributed by atoms with Crippen molar-refractivity contribution in [2.45, 2.75) is 32.9 Å². The molecule has 42 heavy (non-hydrogen) atoms. The number of amides is 1. The van der Waals surface area contributed by atoms with Gasteiger partial charge in [0.15, 0.2) is 5.11 Å². The number of carbonyl (C=O) groups excluding carboxylic acids is 2. The average molecular weight is 585 g/mol. The van der Waals surface area contributed by atoms with Crippen LogP contribution in [0.1, 0.15) is 54.7 Å². The molecule has 1 aliphatic rings. The summed E-state index contributed by atoms with van der Waals surface area (Å²) in [5, 5.41) is 6.85. The van der Waals surface area contributed by atoms with Gasteiger partial charge < -0.3 is 29.4 Å². The topological polar surface area (TPSA) is 106 Å². The summed E-state index contributed by atoms with van der Waals surface area (Å²) in [5.74, 6) is 1.17. The zero-order chi connectivity index (χ0) is 30.0. The number of anilines is 2. The summed E-state index contributed by atoms with van der Waals surface area (Å²) in [7, 11) is 2.91. The molecule has 0 aliphatic carbocycles. The third kappa shape index (κ3) is 5.71. The van der Waals surface area contributed by atoms with Crippen LogP contribution in [0, 0.1) is 5.41 Å². The molecule has 1 fully saturated rings. The second kappa shape index (κ2) is 11.7. The largest absolute Gasteiger partial charge is 0.494 e. The Labute approximate surface area is 249 Å². The predicted octanol–water partition coefficient (Wildman–Crippen LogP) is 6.30. The van der Waals surface area contributed by atoms with Crippen molar-refractivity contribution in [3.63, 3.8) is 0 Å². The Morgan fingerprint density at radius 3 is 2.52 bits per heavy atom. The zero-order valence-electron chi connectivity index (χ0n) is 24.0. The van der Waals surface area contributed by atoms with Gasteiger partial charge in [0.1, 0.15) is 23.3 Å². The molecule has 0 bridgehead atoms. The molecule has 2 unspecified atom stereocenters. The number of nitrogens with one attached hydrogen (secondary N) is 2. The summed E-state index contributed by atoms with van der Waals surface area (Å²) in [6, 6.07) is 21.3. The summed E-state index contributed by atoms with van der Waals surface area (Å²) in [4.78, 5) is 31.3. The first-order chi connectivity index (χ1) is 20.1. The highest BCUT2D eigenvalue weighted by atomic mass is 32.1. The lowest BCUT2D eigenvalue weighted by Gasteiger charge is -2.27. The number of thiocarbonyl (C=S) groups is 1. The highest BCUT2D eigenvalue weighted by Gasteiger charge is 2.43. The Kier molecular flexibility index (Phi) is 8.00. The van der Waals surface area contributed by atoms with E-state index in [0.717, 1.165) is 16.9 Å². The van der Waals surface area contributed by atoms with Crippen molar-refractivity contribution in [3.8, 4) is 17.1 Å². The van der Waals surface area contributed by atoms with Crippen LogP contribution >= 0.6 is 12.2 Å². The van der Waals surface area contributed by atoms with Gasteiger partial charge in [0, 0.05) is 28.9 Å². The van der Waals surface area contributed by atoms with Gasteiger partial charge in [0.05, 0.1) is 37.2 Å². The van der Waals surface area contributed by atoms with E-state index < -0.39 is 17.4 Å². The van der Waals surface area contributed by atoms with Crippen LogP contribution in [0.3, 0.4) is 0 Å². The molecule has 1 saturated heterocycles. The number of hydrogen-bond acceptors (Lipinski definition) is 7. The molecule has 2 aromatic carbocycles. The van der Waals surface area contributed by atoms with E-state index in [1.165, 1.54) is 7.11 Å². The molecule has 0 saturated carbocycles. The third-order valence-corrected chi connectivity index (χ3v) is 7.29. The van der Waals surface area contributed by atoms with Gasteiger partial charge in [0.2, 0.25) is 5.91 Å². The van der Waals surface area contributed by atoms with E-state index in [9.17, 15) is 9.59 Å². The van der Waals surface area contributed by atoms with Gasteiger partial charge >= 0.3 is 5.97 Å². The van der Waals surface area contributed by atoms with Gasteiger partial charge in [-0.1, -0.05) is 39.0 Å². The normalized spacial score (nSPS) is 16.6. The number of ether oxygens (including phenoxy) is 2. The Hall–Kier alpha value is -4.70. The fourth-order valence-electron chi connectivity index (χ4n) is 4.75. The van der Waals surface area contributed by atoms with Gasteiger partial charge in [0.25, 0.3) is 0 Å². The fourth-order valence-corrected chi connectivity index (χ4v) is 5.09. The van der Waals surface area contributed by atoms with E-state index in [1.807, 2.05) is 74.2 Å². The summed E-state index contributed by atoms with van der Waals surface area (Å²) < 4.78 is 17.0. The molecule has 10 heteroatoms. The van der Waals surface area contributed by atoms with Gasteiger partial charge in [-0.15, -0.1) is 0 Å². The van der Waals surface area contributed by atoms with E-state index in [0.29, 0.717) is 33.6 Å². The molecule has 3 heterocycles. The molecule has 2 atom stereocenters. The maximum Gasteiger partial charge on any atom is 0.337 e. The quantitative estimate of drug-likeness (QED) is 0.191. The lowest BCUT2D eigenvalue weighted by atomic mass is 9.95. The lowest BCUT2D eigenvalue weighted by molar-refractivity contribution is -0.123. The van der Waals surface area contributed by atoms with Crippen LogP contribution in [-0.2, 0) is 9.53 Å². The molecule has 4 aromatic rings. The second-order valence-corrected chi connectivity index (χ2v) is 11.2. The minimum atomic E-state index is -0.571. The van der Waals surface area contributed by atoms with E-state index in [2.05, 4.69) is 15.6 Å². The molecule has 9 nitrogen and oxygen atoms in total. The van der Waals surface area contributed by atoms with Crippen LogP contribution in [-0.4, -0.2) is 36.2 Å². The molecule has 5 rings (SSSR count). The molecule has 1 amide bonds. The first kappa shape index (κ1) is 28.8. The predicted molar refractivity (Wildman–Crippen MR) is 164 cm³/mol. The van der Waals surface area contributed by atoms with Gasteiger partial charge in [-0.05, 0) is 60.7 Å². The molecular formula is C32H32N4O5S. The van der Waals surface area contributed by atoms with Crippen molar-refractivity contribution < 1.29 is 23.5 Å². The van der Waals surface area contributed by atoms with Crippen molar-refractivity contribution >= 4 is 40.6 Å². The van der Waals surface area contributed by atoms with E-state index in [1.54, 1.807) is 37.6 Å². The van der Waals surface area contributed by atoms with Gasteiger partial charge in [-0.3, -0.25) is 9.78 Å².